The molecule has 0 unspecified atom stereocenters. The number of furan rings is 1. The number of fused-ring (bicyclic) bond motifs is 1. The Bertz CT molecular complexity index is 1080. The molecular formula is C25H29N3O3. The summed E-state index contributed by atoms with van der Waals surface area (Å²) in [6, 6.07) is 15.5. The summed E-state index contributed by atoms with van der Waals surface area (Å²) < 4.78 is 5.92. The van der Waals surface area contributed by atoms with E-state index in [9.17, 15) is 9.59 Å². The molecule has 1 aromatic heterocycles. The molecule has 2 heterocycles. The van der Waals surface area contributed by atoms with Crippen molar-refractivity contribution < 1.29 is 14.0 Å². The predicted molar refractivity (Wildman–Crippen MR) is 124 cm³/mol. The topological polar surface area (TPSA) is 57.0 Å². The van der Waals surface area contributed by atoms with Crippen LogP contribution in [0.15, 0.2) is 52.9 Å². The van der Waals surface area contributed by atoms with Gasteiger partial charge in [0.2, 0.25) is 11.7 Å². The first kappa shape index (κ1) is 21.0. The van der Waals surface area contributed by atoms with Gasteiger partial charge in [-0.1, -0.05) is 0 Å². The van der Waals surface area contributed by atoms with Crippen LogP contribution in [0.3, 0.4) is 0 Å². The highest BCUT2D eigenvalue weighted by Gasteiger charge is 2.20. The number of anilines is 2. The molecule has 1 amide bonds. The first-order valence-corrected chi connectivity index (χ1v) is 10.9. The van der Waals surface area contributed by atoms with Gasteiger partial charge in [0.15, 0.2) is 5.76 Å². The van der Waals surface area contributed by atoms with Gasteiger partial charge in [0.25, 0.3) is 0 Å². The highest BCUT2D eigenvalue weighted by atomic mass is 16.3. The fourth-order valence-corrected chi connectivity index (χ4v) is 4.16. The Balaban J connectivity index is 1.49. The number of amides is 1. The van der Waals surface area contributed by atoms with Gasteiger partial charge in [-0.05, 0) is 56.3 Å². The van der Waals surface area contributed by atoms with Crippen LogP contribution in [0.4, 0.5) is 11.4 Å². The van der Waals surface area contributed by atoms with Crippen molar-refractivity contribution in [3.63, 3.8) is 0 Å². The summed E-state index contributed by atoms with van der Waals surface area (Å²) in [6.07, 6.45) is 0. The molecule has 1 saturated heterocycles. The number of ketones is 1. The molecule has 0 bridgehead atoms. The van der Waals surface area contributed by atoms with Gasteiger partial charge in [-0.3, -0.25) is 9.59 Å². The van der Waals surface area contributed by atoms with Crippen LogP contribution in [0, 0.1) is 0 Å². The summed E-state index contributed by atoms with van der Waals surface area (Å²) in [7, 11) is 0. The van der Waals surface area contributed by atoms with Crippen LogP contribution < -0.4 is 9.80 Å². The maximum absolute atomic E-state index is 13.0. The lowest BCUT2D eigenvalue weighted by Gasteiger charge is -2.35. The van der Waals surface area contributed by atoms with E-state index in [2.05, 4.69) is 29.7 Å². The maximum Gasteiger partial charge on any atom is 0.228 e. The van der Waals surface area contributed by atoms with Gasteiger partial charge < -0.3 is 19.1 Å². The Hall–Kier alpha value is -3.28. The normalized spacial score (nSPS) is 14.2. The molecule has 0 atom stereocenters. The Morgan fingerprint density at radius 1 is 0.935 bits per heavy atom. The third-order valence-corrected chi connectivity index (χ3v) is 6.08. The van der Waals surface area contributed by atoms with E-state index in [-0.39, 0.29) is 11.7 Å². The zero-order valence-electron chi connectivity index (χ0n) is 18.4. The van der Waals surface area contributed by atoms with Crippen molar-refractivity contribution in [3.05, 3.63) is 59.9 Å². The predicted octanol–water partition coefficient (Wildman–Crippen LogP) is 4.18. The van der Waals surface area contributed by atoms with Crippen molar-refractivity contribution in [2.45, 2.75) is 20.8 Å². The van der Waals surface area contributed by atoms with E-state index < -0.39 is 0 Å². The minimum absolute atomic E-state index is 0.117. The molecule has 1 aliphatic heterocycles. The van der Waals surface area contributed by atoms with E-state index in [4.69, 9.17) is 4.42 Å². The monoisotopic (exact) mass is 419 g/mol. The highest BCUT2D eigenvalue weighted by molar-refractivity contribution is 6.09. The van der Waals surface area contributed by atoms with Crippen molar-refractivity contribution in [1.29, 1.82) is 0 Å². The Kier molecular flexibility index (Phi) is 5.98. The molecule has 1 fully saturated rings. The van der Waals surface area contributed by atoms with Gasteiger partial charge in [-0.2, -0.15) is 0 Å². The Morgan fingerprint density at radius 2 is 1.61 bits per heavy atom. The van der Waals surface area contributed by atoms with Crippen molar-refractivity contribution in [3.8, 4) is 0 Å². The summed E-state index contributed by atoms with van der Waals surface area (Å²) in [5.41, 5.74) is 3.50. The summed E-state index contributed by atoms with van der Waals surface area (Å²) >= 11 is 0. The van der Waals surface area contributed by atoms with Crippen molar-refractivity contribution >= 4 is 34.0 Å². The second kappa shape index (κ2) is 8.84. The molecule has 0 N–H and O–H groups in total. The molecule has 0 aliphatic carbocycles. The standard InChI is InChI=1S/C25H29N3O3/c1-4-26(5-2)22-11-8-20-16-24(31-23(20)17-22)25(30)19-6-9-21(10-7-19)28-14-12-27(13-15-28)18(3)29/h6-11,16-17H,4-5,12-15H2,1-3H3. The van der Waals surface area contributed by atoms with Crippen LogP contribution in [0.25, 0.3) is 11.0 Å². The quantitative estimate of drug-likeness (QED) is 0.561. The number of rotatable bonds is 6. The van der Waals surface area contributed by atoms with Gasteiger partial charge in [0, 0.05) is 74.6 Å². The van der Waals surface area contributed by atoms with E-state index in [1.165, 1.54) is 0 Å². The van der Waals surface area contributed by atoms with Crippen LogP contribution in [0.5, 0.6) is 0 Å². The van der Waals surface area contributed by atoms with Gasteiger partial charge >= 0.3 is 0 Å². The van der Waals surface area contributed by atoms with Crippen LogP contribution in [-0.2, 0) is 4.79 Å². The van der Waals surface area contributed by atoms with Crippen molar-refractivity contribution in [1.82, 2.24) is 4.90 Å². The highest BCUT2D eigenvalue weighted by Crippen LogP contribution is 2.27. The number of hydrogen-bond donors (Lipinski definition) is 0. The van der Waals surface area contributed by atoms with Gasteiger partial charge in [-0.25, -0.2) is 0 Å². The minimum atomic E-state index is -0.117. The van der Waals surface area contributed by atoms with Crippen LogP contribution in [-0.4, -0.2) is 55.9 Å². The van der Waals surface area contributed by atoms with Gasteiger partial charge in [0.1, 0.15) is 5.58 Å². The van der Waals surface area contributed by atoms with Crippen molar-refractivity contribution in [2.75, 3.05) is 49.1 Å². The largest absolute Gasteiger partial charge is 0.452 e. The summed E-state index contributed by atoms with van der Waals surface area (Å²) in [5, 5.41) is 0.930. The number of carbonyl (C=O) groups is 2. The molecule has 162 valence electrons. The van der Waals surface area contributed by atoms with E-state index in [1.54, 1.807) is 6.92 Å². The molecule has 1 aliphatic rings. The van der Waals surface area contributed by atoms with E-state index in [0.29, 0.717) is 11.3 Å². The molecule has 0 spiro atoms. The SMILES string of the molecule is CCN(CC)c1ccc2cc(C(=O)c3ccc(N4CCN(C(C)=O)CC4)cc3)oc2c1. The van der Waals surface area contributed by atoms with Crippen LogP contribution in [0.2, 0.25) is 0 Å². The van der Waals surface area contributed by atoms with E-state index in [0.717, 1.165) is 61.6 Å². The van der Waals surface area contributed by atoms with Gasteiger partial charge in [0.05, 0.1) is 0 Å². The third kappa shape index (κ3) is 4.29. The number of carbonyl (C=O) groups excluding carboxylic acids is 2. The van der Waals surface area contributed by atoms with Gasteiger partial charge in [-0.15, -0.1) is 0 Å². The second-order valence-electron chi connectivity index (χ2n) is 7.87. The first-order valence-electron chi connectivity index (χ1n) is 10.9. The lowest BCUT2D eigenvalue weighted by molar-refractivity contribution is -0.129. The molecule has 31 heavy (non-hydrogen) atoms. The average Bonchev–Trinajstić information content (AvgIpc) is 3.23. The smallest absolute Gasteiger partial charge is 0.228 e. The third-order valence-electron chi connectivity index (χ3n) is 6.08. The molecule has 2 aromatic carbocycles. The van der Waals surface area contributed by atoms with E-state index in [1.807, 2.05) is 47.4 Å². The molecule has 6 heteroatoms. The van der Waals surface area contributed by atoms with Crippen LogP contribution in [0.1, 0.15) is 36.9 Å². The second-order valence-corrected chi connectivity index (χ2v) is 7.87. The molecule has 6 nitrogen and oxygen atoms in total. The summed E-state index contributed by atoms with van der Waals surface area (Å²) in [4.78, 5) is 30.8. The fraction of sp³-hybridized carbons (Fsp3) is 0.360. The number of hydrogen-bond acceptors (Lipinski definition) is 5. The van der Waals surface area contributed by atoms with Crippen LogP contribution >= 0.6 is 0 Å². The van der Waals surface area contributed by atoms with E-state index >= 15 is 0 Å². The summed E-state index contributed by atoms with van der Waals surface area (Å²) in [6.45, 7) is 10.7. The summed E-state index contributed by atoms with van der Waals surface area (Å²) in [5.74, 6) is 0.360. The number of piperazine rings is 1. The number of nitrogens with zero attached hydrogens (tertiary/aromatic N) is 3. The fourth-order valence-electron chi connectivity index (χ4n) is 4.16. The minimum Gasteiger partial charge on any atom is -0.452 e. The maximum atomic E-state index is 13.0. The lowest BCUT2D eigenvalue weighted by Crippen LogP contribution is -2.48. The molecule has 3 aromatic rings. The molecule has 0 radical (unpaired) electrons. The lowest BCUT2D eigenvalue weighted by atomic mass is 10.1. The Labute approximate surface area is 183 Å². The Morgan fingerprint density at radius 3 is 2.23 bits per heavy atom. The zero-order valence-corrected chi connectivity index (χ0v) is 18.4. The molecule has 0 saturated carbocycles. The number of benzene rings is 2. The zero-order chi connectivity index (χ0) is 22.0. The molecular weight excluding hydrogens is 390 g/mol. The average molecular weight is 420 g/mol. The molecule has 4 rings (SSSR count). The van der Waals surface area contributed by atoms with Crippen molar-refractivity contribution in [2.24, 2.45) is 0 Å². The first-order chi connectivity index (χ1) is 15.0.